The summed E-state index contributed by atoms with van der Waals surface area (Å²) in [5, 5.41) is 2.98. The van der Waals surface area contributed by atoms with Crippen LogP contribution in [0, 0.1) is 6.92 Å². The van der Waals surface area contributed by atoms with Crippen molar-refractivity contribution in [3.05, 3.63) is 55.7 Å². The Morgan fingerprint density at radius 1 is 1.45 bits per heavy atom. The Balaban J connectivity index is 1.83. The lowest BCUT2D eigenvalue weighted by molar-refractivity contribution is 0.0941. The van der Waals surface area contributed by atoms with Crippen molar-refractivity contribution < 1.29 is 4.79 Å². The van der Waals surface area contributed by atoms with Crippen molar-refractivity contribution in [3.63, 3.8) is 0 Å². The van der Waals surface area contributed by atoms with E-state index in [1.165, 1.54) is 16.9 Å². The Bertz CT molecular complexity index is 650. The molecule has 0 saturated heterocycles. The Morgan fingerprint density at radius 3 is 2.90 bits per heavy atom. The number of halogens is 2. The highest BCUT2D eigenvalue weighted by Gasteiger charge is 2.32. The number of carbonyl (C=O) groups excluding carboxylic acids is 1. The predicted octanol–water partition coefficient (Wildman–Crippen LogP) is 4.45. The Morgan fingerprint density at radius 2 is 2.20 bits per heavy atom. The summed E-state index contributed by atoms with van der Waals surface area (Å²) in [5.41, 5.74) is 3.43. The number of aryl methyl sites for hydroxylation is 1. The molecule has 1 aromatic heterocycles. The van der Waals surface area contributed by atoms with Crippen molar-refractivity contribution in [2.24, 2.45) is 0 Å². The first-order valence-corrected chi connectivity index (χ1v) is 8.39. The van der Waals surface area contributed by atoms with Crippen LogP contribution in [0.3, 0.4) is 0 Å². The molecule has 1 aromatic carbocycles. The topological polar surface area (TPSA) is 29.1 Å². The van der Waals surface area contributed by atoms with Crippen molar-refractivity contribution in [3.8, 4) is 0 Å². The van der Waals surface area contributed by atoms with Gasteiger partial charge in [0.25, 0.3) is 5.91 Å². The minimum absolute atomic E-state index is 0.0591. The van der Waals surface area contributed by atoms with Gasteiger partial charge in [-0.2, -0.15) is 0 Å². The molecule has 1 N–H and O–H groups in total. The van der Waals surface area contributed by atoms with Crippen LogP contribution in [0.5, 0.6) is 0 Å². The molecule has 1 aliphatic rings. The summed E-state index contributed by atoms with van der Waals surface area (Å²) in [4.78, 5) is 13.1. The molecule has 1 heterocycles. The third-order valence-electron chi connectivity index (χ3n) is 3.53. The fourth-order valence-corrected chi connectivity index (χ4v) is 4.30. The zero-order valence-corrected chi connectivity index (χ0v) is 14.0. The molecule has 1 aliphatic carbocycles. The summed E-state index contributed by atoms with van der Waals surface area (Å²) in [6, 6.07) is 9.89. The first-order valence-electron chi connectivity index (χ1n) is 6.35. The highest BCUT2D eigenvalue weighted by Crippen LogP contribution is 2.35. The van der Waals surface area contributed by atoms with Crippen LogP contribution in [-0.2, 0) is 6.42 Å². The highest BCUT2D eigenvalue weighted by molar-refractivity contribution is 9.11. The molecule has 104 valence electrons. The largest absolute Gasteiger partial charge is 0.343 e. The summed E-state index contributed by atoms with van der Waals surface area (Å²) in [5.74, 6) is -0.0591. The van der Waals surface area contributed by atoms with Crippen LogP contribution in [0.15, 0.2) is 34.1 Å². The Labute approximate surface area is 135 Å². The second-order valence-electron chi connectivity index (χ2n) is 4.94. The lowest BCUT2D eigenvalue weighted by Gasteiger charge is -2.16. The molecule has 1 amide bonds. The third kappa shape index (κ3) is 2.52. The number of fused-ring (bicyclic) bond motifs is 1. The summed E-state index contributed by atoms with van der Waals surface area (Å²) < 4.78 is 0.997. The molecule has 2 unspecified atom stereocenters. The molecular formula is C15H13BrClNOS. The maximum absolute atomic E-state index is 12.3. The number of nitrogens with one attached hydrogen (secondary N) is 1. The van der Waals surface area contributed by atoms with Crippen molar-refractivity contribution in [1.29, 1.82) is 0 Å². The zero-order valence-electron chi connectivity index (χ0n) is 10.8. The van der Waals surface area contributed by atoms with E-state index in [-0.39, 0.29) is 17.3 Å². The second kappa shape index (κ2) is 5.51. The van der Waals surface area contributed by atoms with Gasteiger partial charge in [0.2, 0.25) is 0 Å². The van der Waals surface area contributed by atoms with E-state index in [2.05, 4.69) is 27.3 Å². The molecule has 20 heavy (non-hydrogen) atoms. The molecule has 0 spiro atoms. The zero-order chi connectivity index (χ0) is 14.3. The lowest BCUT2D eigenvalue weighted by atomic mass is 10.1. The smallest absolute Gasteiger partial charge is 0.261 e. The van der Waals surface area contributed by atoms with Crippen LogP contribution in [0.25, 0.3) is 0 Å². The SMILES string of the molecule is Cc1cc(C(=O)NC2c3ccccc3CC2Cl)sc1Br. The van der Waals surface area contributed by atoms with Crippen molar-refractivity contribution >= 4 is 44.8 Å². The normalized spacial score (nSPS) is 20.8. The van der Waals surface area contributed by atoms with E-state index in [0.29, 0.717) is 4.88 Å². The first kappa shape index (κ1) is 14.1. The van der Waals surface area contributed by atoms with Gasteiger partial charge < -0.3 is 5.32 Å². The standard InChI is InChI=1S/C15H13BrClNOS/c1-8-6-12(20-14(8)16)15(19)18-13-10-5-3-2-4-9(10)7-11(13)17/h2-6,11,13H,7H2,1H3,(H,18,19). The average molecular weight is 371 g/mol. The predicted molar refractivity (Wildman–Crippen MR) is 86.8 cm³/mol. The van der Waals surface area contributed by atoms with Gasteiger partial charge in [-0.15, -0.1) is 22.9 Å². The van der Waals surface area contributed by atoms with Crippen LogP contribution in [0.1, 0.15) is 32.4 Å². The minimum atomic E-state index is -0.110. The van der Waals surface area contributed by atoms with Gasteiger partial charge in [-0.3, -0.25) is 4.79 Å². The van der Waals surface area contributed by atoms with Gasteiger partial charge in [0.1, 0.15) is 0 Å². The summed E-state index contributed by atoms with van der Waals surface area (Å²) >= 11 is 11.3. The maximum Gasteiger partial charge on any atom is 0.261 e. The average Bonchev–Trinajstić information content (AvgIpc) is 2.91. The second-order valence-corrected chi connectivity index (χ2v) is 7.87. The molecule has 5 heteroatoms. The molecule has 0 radical (unpaired) electrons. The minimum Gasteiger partial charge on any atom is -0.343 e. The number of carbonyl (C=O) groups is 1. The van der Waals surface area contributed by atoms with Crippen LogP contribution >= 0.6 is 38.9 Å². The van der Waals surface area contributed by atoms with Crippen LogP contribution < -0.4 is 5.32 Å². The monoisotopic (exact) mass is 369 g/mol. The van der Waals surface area contributed by atoms with Crippen LogP contribution in [0.2, 0.25) is 0 Å². The fourth-order valence-electron chi connectivity index (χ4n) is 2.50. The maximum atomic E-state index is 12.3. The number of amides is 1. The number of hydrogen-bond acceptors (Lipinski definition) is 2. The molecule has 0 fully saturated rings. The van der Waals surface area contributed by atoms with Gasteiger partial charge in [-0.25, -0.2) is 0 Å². The number of hydrogen-bond donors (Lipinski definition) is 1. The Hall–Kier alpha value is -0.840. The van der Waals surface area contributed by atoms with Gasteiger partial charge in [0.15, 0.2) is 0 Å². The first-order chi connectivity index (χ1) is 9.56. The molecule has 0 saturated carbocycles. The summed E-state index contributed by atoms with van der Waals surface area (Å²) in [6.45, 7) is 1.98. The van der Waals surface area contributed by atoms with E-state index in [1.54, 1.807) is 0 Å². The van der Waals surface area contributed by atoms with Gasteiger partial charge in [0.05, 0.1) is 20.1 Å². The van der Waals surface area contributed by atoms with E-state index in [9.17, 15) is 4.79 Å². The van der Waals surface area contributed by atoms with E-state index in [4.69, 9.17) is 11.6 Å². The van der Waals surface area contributed by atoms with Gasteiger partial charge in [-0.1, -0.05) is 24.3 Å². The number of alkyl halides is 1. The van der Waals surface area contributed by atoms with Gasteiger partial charge >= 0.3 is 0 Å². The van der Waals surface area contributed by atoms with Crippen molar-refractivity contribution in [2.45, 2.75) is 24.8 Å². The van der Waals surface area contributed by atoms with E-state index in [1.807, 2.05) is 31.2 Å². The molecular weight excluding hydrogens is 358 g/mol. The molecule has 0 aliphatic heterocycles. The summed E-state index contributed by atoms with van der Waals surface area (Å²) in [7, 11) is 0. The molecule has 0 bridgehead atoms. The number of thiophene rings is 1. The fraction of sp³-hybridized carbons (Fsp3) is 0.267. The van der Waals surface area contributed by atoms with Crippen LogP contribution in [-0.4, -0.2) is 11.3 Å². The number of rotatable bonds is 2. The van der Waals surface area contributed by atoms with E-state index in [0.717, 1.165) is 21.3 Å². The van der Waals surface area contributed by atoms with Gasteiger partial charge in [0, 0.05) is 0 Å². The molecule has 3 rings (SSSR count). The molecule has 2 aromatic rings. The van der Waals surface area contributed by atoms with Crippen molar-refractivity contribution in [2.75, 3.05) is 0 Å². The highest BCUT2D eigenvalue weighted by atomic mass is 79.9. The quantitative estimate of drug-likeness (QED) is 0.777. The summed E-state index contributed by atoms with van der Waals surface area (Å²) in [6.07, 6.45) is 0.801. The third-order valence-corrected chi connectivity index (χ3v) is 6.08. The number of benzene rings is 1. The van der Waals surface area contributed by atoms with E-state index < -0.39 is 0 Å². The lowest BCUT2D eigenvalue weighted by Crippen LogP contribution is -2.31. The van der Waals surface area contributed by atoms with Crippen LogP contribution in [0.4, 0.5) is 0 Å². The van der Waals surface area contributed by atoms with Crippen molar-refractivity contribution in [1.82, 2.24) is 5.32 Å². The molecule has 2 nitrogen and oxygen atoms in total. The van der Waals surface area contributed by atoms with Gasteiger partial charge in [-0.05, 0) is 52.0 Å². The van der Waals surface area contributed by atoms with E-state index >= 15 is 0 Å². The Kier molecular flexibility index (Phi) is 3.89. The molecule has 2 atom stereocenters.